The molecular formula is C16H19NO2. The molecule has 0 spiro atoms. The molecule has 3 heteroatoms. The molecule has 1 aromatic heterocycles. The van der Waals surface area contributed by atoms with Crippen molar-refractivity contribution < 1.29 is 5.11 Å². The molecule has 0 saturated carbocycles. The molecule has 0 amide bonds. The minimum Gasteiger partial charge on any atom is -0.503 e. The zero-order chi connectivity index (χ0) is 13.8. The average Bonchev–Trinajstić information content (AvgIpc) is 2.44. The Morgan fingerprint density at radius 2 is 1.84 bits per heavy atom. The number of unbranched alkanes of at least 4 members (excludes halogenated alkanes) is 1. The molecule has 1 aromatic carbocycles. The van der Waals surface area contributed by atoms with E-state index in [1.165, 1.54) is 24.5 Å². The molecule has 0 aliphatic heterocycles. The van der Waals surface area contributed by atoms with Gasteiger partial charge in [-0.1, -0.05) is 25.5 Å². The van der Waals surface area contributed by atoms with E-state index in [9.17, 15) is 9.90 Å². The van der Waals surface area contributed by atoms with Gasteiger partial charge in [-0.25, -0.2) is 0 Å². The highest BCUT2D eigenvalue weighted by molar-refractivity contribution is 5.40. The molecule has 0 saturated heterocycles. The van der Waals surface area contributed by atoms with E-state index >= 15 is 0 Å². The van der Waals surface area contributed by atoms with Crippen molar-refractivity contribution >= 4 is 0 Å². The summed E-state index contributed by atoms with van der Waals surface area (Å²) in [6.45, 7) is 3.92. The van der Waals surface area contributed by atoms with Gasteiger partial charge in [0.15, 0.2) is 5.75 Å². The quantitative estimate of drug-likeness (QED) is 0.914. The van der Waals surface area contributed by atoms with Crippen LogP contribution in [0.5, 0.6) is 5.75 Å². The number of aromatic nitrogens is 1. The van der Waals surface area contributed by atoms with Crippen LogP contribution in [0.1, 0.15) is 31.0 Å². The summed E-state index contributed by atoms with van der Waals surface area (Å²) in [5.41, 5.74) is 2.49. The highest BCUT2D eigenvalue weighted by Gasteiger charge is 2.06. The fourth-order valence-electron chi connectivity index (χ4n) is 2.11. The van der Waals surface area contributed by atoms with Gasteiger partial charge < -0.3 is 9.67 Å². The fraction of sp³-hybridized carbons (Fsp3) is 0.312. The number of aryl methyl sites for hydroxylation is 1. The van der Waals surface area contributed by atoms with Crippen molar-refractivity contribution in [2.45, 2.75) is 33.1 Å². The number of nitrogens with zero attached hydrogens (tertiary/aromatic N) is 1. The van der Waals surface area contributed by atoms with Crippen LogP contribution in [0, 0.1) is 6.92 Å². The Morgan fingerprint density at radius 1 is 1.16 bits per heavy atom. The van der Waals surface area contributed by atoms with E-state index in [0.29, 0.717) is 5.69 Å². The molecule has 0 bridgehead atoms. The van der Waals surface area contributed by atoms with Gasteiger partial charge in [-0.05, 0) is 37.5 Å². The average molecular weight is 257 g/mol. The van der Waals surface area contributed by atoms with E-state index in [1.807, 2.05) is 16.7 Å². The zero-order valence-corrected chi connectivity index (χ0v) is 11.4. The lowest BCUT2D eigenvalue weighted by Crippen LogP contribution is -2.08. The fourth-order valence-corrected chi connectivity index (χ4v) is 2.11. The van der Waals surface area contributed by atoms with Crippen molar-refractivity contribution in [1.82, 2.24) is 4.57 Å². The number of aromatic hydroxyl groups is 1. The Kier molecular flexibility index (Phi) is 4.05. The molecule has 1 heterocycles. The van der Waals surface area contributed by atoms with E-state index in [0.717, 1.165) is 12.1 Å². The first-order valence-corrected chi connectivity index (χ1v) is 6.64. The van der Waals surface area contributed by atoms with E-state index in [2.05, 4.69) is 19.1 Å². The largest absolute Gasteiger partial charge is 0.503 e. The van der Waals surface area contributed by atoms with E-state index in [-0.39, 0.29) is 11.2 Å². The maximum Gasteiger partial charge on any atom is 0.223 e. The van der Waals surface area contributed by atoms with Gasteiger partial charge in [-0.2, -0.15) is 0 Å². The number of rotatable bonds is 4. The van der Waals surface area contributed by atoms with E-state index in [1.54, 1.807) is 13.1 Å². The van der Waals surface area contributed by atoms with Crippen molar-refractivity contribution in [1.29, 1.82) is 0 Å². The molecule has 0 atom stereocenters. The smallest absolute Gasteiger partial charge is 0.223 e. The van der Waals surface area contributed by atoms with Gasteiger partial charge in [0.25, 0.3) is 0 Å². The van der Waals surface area contributed by atoms with Gasteiger partial charge >= 0.3 is 0 Å². The van der Waals surface area contributed by atoms with Crippen LogP contribution < -0.4 is 5.43 Å². The van der Waals surface area contributed by atoms with Crippen LogP contribution in [-0.4, -0.2) is 9.67 Å². The first-order valence-electron chi connectivity index (χ1n) is 6.64. The zero-order valence-electron chi connectivity index (χ0n) is 11.4. The maximum atomic E-state index is 11.3. The van der Waals surface area contributed by atoms with Gasteiger partial charge in [0.1, 0.15) is 0 Å². The molecule has 0 aliphatic carbocycles. The lowest BCUT2D eigenvalue weighted by Gasteiger charge is -2.12. The summed E-state index contributed by atoms with van der Waals surface area (Å²) in [5, 5.41) is 9.69. The second-order valence-corrected chi connectivity index (χ2v) is 4.75. The summed E-state index contributed by atoms with van der Waals surface area (Å²) >= 11 is 0. The van der Waals surface area contributed by atoms with Gasteiger partial charge in [-0.3, -0.25) is 4.79 Å². The van der Waals surface area contributed by atoms with Gasteiger partial charge in [0, 0.05) is 18.0 Å². The predicted molar refractivity (Wildman–Crippen MR) is 77.1 cm³/mol. The third-order valence-electron chi connectivity index (χ3n) is 3.35. The summed E-state index contributed by atoms with van der Waals surface area (Å²) in [6, 6.07) is 9.61. The summed E-state index contributed by atoms with van der Waals surface area (Å²) in [5.74, 6) is -0.183. The van der Waals surface area contributed by atoms with Crippen LogP contribution in [0.2, 0.25) is 0 Å². The SMILES string of the molecule is CCCCc1ccc(-n2ccc(=O)c(O)c2C)cc1. The monoisotopic (exact) mass is 257 g/mol. The predicted octanol–water partition coefficient (Wildman–Crippen LogP) is 3.19. The maximum absolute atomic E-state index is 11.3. The molecule has 0 unspecified atom stereocenters. The van der Waals surface area contributed by atoms with Crippen LogP contribution in [0.3, 0.4) is 0 Å². The molecule has 0 radical (unpaired) electrons. The Bertz CT molecular complexity index is 612. The third-order valence-corrected chi connectivity index (χ3v) is 3.35. The number of hydrogen-bond donors (Lipinski definition) is 1. The second kappa shape index (κ2) is 5.74. The minimum absolute atomic E-state index is 0.183. The highest BCUT2D eigenvalue weighted by Crippen LogP contribution is 2.17. The van der Waals surface area contributed by atoms with Gasteiger partial charge in [0.05, 0.1) is 5.69 Å². The van der Waals surface area contributed by atoms with Crippen molar-refractivity contribution in [2.24, 2.45) is 0 Å². The normalized spacial score (nSPS) is 10.6. The molecule has 3 nitrogen and oxygen atoms in total. The lowest BCUT2D eigenvalue weighted by molar-refractivity contribution is 0.459. The van der Waals surface area contributed by atoms with Crippen LogP contribution in [0.15, 0.2) is 41.3 Å². The van der Waals surface area contributed by atoms with E-state index < -0.39 is 0 Å². The molecular weight excluding hydrogens is 238 g/mol. The Balaban J connectivity index is 2.32. The van der Waals surface area contributed by atoms with Crippen molar-refractivity contribution in [2.75, 3.05) is 0 Å². The summed E-state index contributed by atoms with van der Waals surface area (Å²) < 4.78 is 1.82. The standard InChI is InChI=1S/C16H19NO2/c1-3-4-5-13-6-8-14(9-7-13)17-11-10-15(18)16(19)12(17)2/h6-11,19H,3-5H2,1-2H3. The van der Waals surface area contributed by atoms with E-state index in [4.69, 9.17) is 0 Å². The summed E-state index contributed by atoms with van der Waals surface area (Å²) in [7, 11) is 0. The Morgan fingerprint density at radius 3 is 2.47 bits per heavy atom. The van der Waals surface area contributed by atoms with Crippen LogP contribution in [0.25, 0.3) is 5.69 Å². The molecule has 2 aromatic rings. The van der Waals surface area contributed by atoms with Crippen molar-refractivity contribution in [3.05, 3.63) is 58.0 Å². The first kappa shape index (κ1) is 13.4. The van der Waals surface area contributed by atoms with Crippen LogP contribution in [-0.2, 0) is 6.42 Å². The van der Waals surface area contributed by atoms with Crippen molar-refractivity contribution in [3.63, 3.8) is 0 Å². The van der Waals surface area contributed by atoms with Crippen LogP contribution in [0.4, 0.5) is 0 Å². The lowest BCUT2D eigenvalue weighted by atomic mass is 10.1. The Hall–Kier alpha value is -2.03. The van der Waals surface area contributed by atoms with Gasteiger partial charge in [-0.15, -0.1) is 0 Å². The number of hydrogen-bond acceptors (Lipinski definition) is 2. The van der Waals surface area contributed by atoms with Crippen molar-refractivity contribution in [3.8, 4) is 11.4 Å². The highest BCUT2D eigenvalue weighted by atomic mass is 16.3. The van der Waals surface area contributed by atoms with Gasteiger partial charge in [0.2, 0.25) is 5.43 Å². The molecule has 19 heavy (non-hydrogen) atoms. The molecule has 100 valence electrons. The third kappa shape index (κ3) is 2.87. The Labute approximate surface area is 113 Å². The minimum atomic E-state index is -0.340. The summed E-state index contributed by atoms with van der Waals surface area (Å²) in [6.07, 6.45) is 5.16. The first-order chi connectivity index (χ1) is 9.13. The summed E-state index contributed by atoms with van der Waals surface area (Å²) in [4.78, 5) is 11.3. The molecule has 1 N–H and O–H groups in total. The molecule has 0 aliphatic rings. The number of benzene rings is 1. The number of pyridine rings is 1. The van der Waals surface area contributed by atoms with Crippen LogP contribution >= 0.6 is 0 Å². The second-order valence-electron chi connectivity index (χ2n) is 4.75. The molecule has 2 rings (SSSR count). The topological polar surface area (TPSA) is 42.2 Å². The molecule has 0 fully saturated rings.